The summed E-state index contributed by atoms with van der Waals surface area (Å²) in [5, 5.41) is 5.45. The lowest BCUT2D eigenvalue weighted by Gasteiger charge is -2.21. The van der Waals surface area contributed by atoms with Crippen molar-refractivity contribution >= 4 is 16.7 Å². The van der Waals surface area contributed by atoms with E-state index in [1.54, 1.807) is 4.90 Å². The molecule has 3 nitrogen and oxygen atoms in total. The molecule has 0 bridgehead atoms. The number of benzene rings is 2. The van der Waals surface area contributed by atoms with Crippen molar-refractivity contribution in [2.24, 2.45) is 0 Å². The molecule has 0 aliphatic carbocycles. The van der Waals surface area contributed by atoms with Crippen LogP contribution < -0.4 is 5.32 Å². The molecule has 0 saturated heterocycles. The van der Waals surface area contributed by atoms with Gasteiger partial charge in [0, 0.05) is 20.1 Å². The zero-order valence-corrected chi connectivity index (χ0v) is 12.4. The van der Waals surface area contributed by atoms with Gasteiger partial charge in [-0.3, -0.25) is 4.79 Å². The van der Waals surface area contributed by atoms with Crippen LogP contribution in [0.4, 0.5) is 0 Å². The van der Waals surface area contributed by atoms with Crippen molar-refractivity contribution in [1.82, 2.24) is 10.2 Å². The molecule has 0 radical (unpaired) electrons. The van der Waals surface area contributed by atoms with Crippen LogP contribution in [0.5, 0.6) is 0 Å². The SMILES string of the molecule is CNCCN(C)C(=O)C(C)c1ccc2ccccc2c1. The molecule has 0 heterocycles. The normalized spacial score (nSPS) is 12.3. The highest BCUT2D eigenvalue weighted by atomic mass is 16.2. The number of fused-ring (bicyclic) bond motifs is 1. The van der Waals surface area contributed by atoms with Gasteiger partial charge in [0.05, 0.1) is 5.92 Å². The van der Waals surface area contributed by atoms with Crippen molar-refractivity contribution in [3.8, 4) is 0 Å². The van der Waals surface area contributed by atoms with E-state index < -0.39 is 0 Å². The topological polar surface area (TPSA) is 32.3 Å². The van der Waals surface area contributed by atoms with Crippen LogP contribution in [0.2, 0.25) is 0 Å². The third-order valence-electron chi connectivity index (χ3n) is 3.72. The maximum Gasteiger partial charge on any atom is 0.229 e. The molecule has 1 unspecified atom stereocenters. The number of rotatable bonds is 5. The Morgan fingerprint density at radius 3 is 2.60 bits per heavy atom. The van der Waals surface area contributed by atoms with Gasteiger partial charge in [-0.25, -0.2) is 0 Å². The maximum absolute atomic E-state index is 12.4. The Morgan fingerprint density at radius 2 is 1.90 bits per heavy atom. The quantitative estimate of drug-likeness (QED) is 0.906. The largest absolute Gasteiger partial charge is 0.344 e. The number of hydrogen-bond acceptors (Lipinski definition) is 2. The molecular formula is C17H22N2O. The van der Waals surface area contributed by atoms with E-state index in [-0.39, 0.29) is 11.8 Å². The molecule has 0 aliphatic heterocycles. The lowest BCUT2D eigenvalue weighted by molar-refractivity contribution is -0.131. The summed E-state index contributed by atoms with van der Waals surface area (Å²) >= 11 is 0. The van der Waals surface area contributed by atoms with Crippen LogP contribution in [-0.4, -0.2) is 38.0 Å². The molecule has 0 spiro atoms. The summed E-state index contributed by atoms with van der Waals surface area (Å²) in [6, 6.07) is 14.5. The number of nitrogens with zero attached hydrogens (tertiary/aromatic N) is 1. The fourth-order valence-corrected chi connectivity index (χ4v) is 2.34. The van der Waals surface area contributed by atoms with Gasteiger partial charge < -0.3 is 10.2 Å². The standard InChI is InChI=1S/C17H22N2O/c1-13(17(20)19(3)11-10-18-2)15-9-8-14-6-4-5-7-16(14)12-15/h4-9,12-13,18H,10-11H2,1-3H3. The van der Waals surface area contributed by atoms with Gasteiger partial charge in [-0.15, -0.1) is 0 Å². The van der Waals surface area contributed by atoms with Crippen LogP contribution in [-0.2, 0) is 4.79 Å². The summed E-state index contributed by atoms with van der Waals surface area (Å²) in [6.45, 7) is 3.52. The van der Waals surface area contributed by atoms with Crippen molar-refractivity contribution in [2.75, 3.05) is 27.2 Å². The molecule has 0 aromatic heterocycles. The molecule has 0 aliphatic rings. The Morgan fingerprint density at radius 1 is 1.20 bits per heavy atom. The maximum atomic E-state index is 12.4. The van der Waals surface area contributed by atoms with E-state index in [0.29, 0.717) is 0 Å². The van der Waals surface area contributed by atoms with E-state index in [4.69, 9.17) is 0 Å². The molecule has 1 amide bonds. The Labute approximate surface area is 120 Å². The van der Waals surface area contributed by atoms with Gasteiger partial charge in [0.25, 0.3) is 0 Å². The van der Waals surface area contributed by atoms with Gasteiger partial charge in [0.2, 0.25) is 5.91 Å². The predicted molar refractivity (Wildman–Crippen MR) is 83.9 cm³/mol. The lowest BCUT2D eigenvalue weighted by atomic mass is 9.96. The molecule has 0 fully saturated rings. The fourth-order valence-electron chi connectivity index (χ4n) is 2.34. The Bertz CT molecular complexity index is 594. The number of amides is 1. The van der Waals surface area contributed by atoms with Crippen LogP contribution in [0, 0.1) is 0 Å². The van der Waals surface area contributed by atoms with Crippen LogP contribution in [0.3, 0.4) is 0 Å². The van der Waals surface area contributed by atoms with Gasteiger partial charge in [-0.05, 0) is 30.3 Å². The minimum absolute atomic E-state index is 0.110. The van der Waals surface area contributed by atoms with Crippen molar-refractivity contribution in [2.45, 2.75) is 12.8 Å². The van der Waals surface area contributed by atoms with Gasteiger partial charge >= 0.3 is 0 Å². The average molecular weight is 270 g/mol. The Kier molecular flexibility index (Phi) is 4.74. The summed E-state index contributed by atoms with van der Waals surface area (Å²) < 4.78 is 0. The van der Waals surface area contributed by atoms with E-state index in [2.05, 4.69) is 35.6 Å². The zero-order valence-electron chi connectivity index (χ0n) is 12.4. The summed E-state index contributed by atoms with van der Waals surface area (Å²) in [5.41, 5.74) is 1.07. The average Bonchev–Trinajstić information content (AvgIpc) is 2.50. The highest BCUT2D eigenvalue weighted by Gasteiger charge is 2.19. The Hall–Kier alpha value is -1.87. The summed E-state index contributed by atoms with van der Waals surface area (Å²) in [5.74, 6) is 0.0528. The summed E-state index contributed by atoms with van der Waals surface area (Å²) in [6.07, 6.45) is 0. The van der Waals surface area contributed by atoms with Crippen molar-refractivity contribution in [3.05, 3.63) is 48.0 Å². The summed E-state index contributed by atoms with van der Waals surface area (Å²) in [4.78, 5) is 14.2. The molecule has 0 saturated carbocycles. The molecule has 1 N–H and O–H groups in total. The highest BCUT2D eigenvalue weighted by molar-refractivity contribution is 5.87. The molecular weight excluding hydrogens is 248 g/mol. The van der Waals surface area contributed by atoms with Gasteiger partial charge in [-0.2, -0.15) is 0 Å². The first-order chi connectivity index (χ1) is 9.63. The lowest BCUT2D eigenvalue weighted by Crippen LogP contribution is -2.35. The van der Waals surface area contributed by atoms with Crippen LogP contribution in [0.25, 0.3) is 10.8 Å². The number of hydrogen-bond donors (Lipinski definition) is 1. The second-order valence-electron chi connectivity index (χ2n) is 5.19. The predicted octanol–water partition coefficient (Wildman–Crippen LogP) is 2.62. The molecule has 2 aromatic rings. The van der Waals surface area contributed by atoms with Crippen molar-refractivity contribution in [1.29, 1.82) is 0 Å². The monoisotopic (exact) mass is 270 g/mol. The summed E-state index contributed by atoms with van der Waals surface area (Å²) in [7, 11) is 3.75. The first-order valence-electron chi connectivity index (χ1n) is 7.01. The number of nitrogens with one attached hydrogen (secondary N) is 1. The van der Waals surface area contributed by atoms with Gasteiger partial charge in [0.15, 0.2) is 0 Å². The minimum Gasteiger partial charge on any atom is -0.344 e. The third-order valence-corrected chi connectivity index (χ3v) is 3.72. The van der Waals surface area contributed by atoms with Gasteiger partial charge in [-0.1, -0.05) is 42.5 Å². The number of carbonyl (C=O) groups is 1. The van der Waals surface area contributed by atoms with Gasteiger partial charge in [0.1, 0.15) is 0 Å². The molecule has 3 heteroatoms. The highest BCUT2D eigenvalue weighted by Crippen LogP contribution is 2.22. The van der Waals surface area contributed by atoms with E-state index in [1.807, 2.05) is 33.2 Å². The Balaban J connectivity index is 2.17. The third kappa shape index (κ3) is 3.17. The van der Waals surface area contributed by atoms with Crippen LogP contribution >= 0.6 is 0 Å². The van der Waals surface area contributed by atoms with Crippen LogP contribution in [0.15, 0.2) is 42.5 Å². The zero-order chi connectivity index (χ0) is 14.5. The van der Waals surface area contributed by atoms with E-state index >= 15 is 0 Å². The molecule has 2 rings (SSSR count). The number of likely N-dealkylation sites (N-methyl/N-ethyl adjacent to an activating group) is 2. The molecule has 2 aromatic carbocycles. The second-order valence-corrected chi connectivity index (χ2v) is 5.19. The van der Waals surface area contributed by atoms with E-state index in [1.165, 1.54) is 10.8 Å². The minimum atomic E-state index is -0.110. The smallest absolute Gasteiger partial charge is 0.229 e. The molecule has 20 heavy (non-hydrogen) atoms. The second kappa shape index (κ2) is 6.53. The first-order valence-corrected chi connectivity index (χ1v) is 7.01. The van der Waals surface area contributed by atoms with Crippen molar-refractivity contribution in [3.63, 3.8) is 0 Å². The van der Waals surface area contributed by atoms with E-state index in [9.17, 15) is 4.79 Å². The van der Waals surface area contributed by atoms with Crippen LogP contribution in [0.1, 0.15) is 18.4 Å². The molecule has 106 valence electrons. The fraction of sp³-hybridized carbons (Fsp3) is 0.353. The van der Waals surface area contributed by atoms with E-state index in [0.717, 1.165) is 18.7 Å². The first kappa shape index (κ1) is 14.5. The van der Waals surface area contributed by atoms with Crippen molar-refractivity contribution < 1.29 is 4.79 Å². The molecule has 1 atom stereocenters. The number of carbonyl (C=O) groups excluding carboxylic acids is 1.